The number of hydrogen-bond acceptors (Lipinski definition) is 4. The lowest BCUT2D eigenvalue weighted by Crippen LogP contribution is -2.52. The van der Waals surface area contributed by atoms with E-state index in [1.54, 1.807) is 6.92 Å². The van der Waals surface area contributed by atoms with E-state index < -0.39 is 12.1 Å². The molecule has 1 atom stereocenters. The third-order valence-corrected chi connectivity index (χ3v) is 7.57. The standard InChI is InChI=1S/C19H20Cl3NO3/c1-9(26-18(25)16-15(22)14(21)13(20)8-23-16)17(24)19-5-10-2-11(6-19)4-12(3-10)7-19/h8-12H,2-7H2,1H3/t9-,10?,11?,12?,19?/m0/s1. The van der Waals surface area contributed by atoms with Crippen molar-refractivity contribution in [2.24, 2.45) is 23.2 Å². The quantitative estimate of drug-likeness (QED) is 0.619. The molecule has 140 valence electrons. The molecule has 4 nitrogen and oxygen atoms in total. The Morgan fingerprint density at radius 1 is 1.08 bits per heavy atom. The van der Waals surface area contributed by atoms with Gasteiger partial charge in [-0.3, -0.25) is 4.79 Å². The summed E-state index contributed by atoms with van der Waals surface area (Å²) in [5.74, 6) is 1.25. The van der Waals surface area contributed by atoms with Crippen LogP contribution in [0.15, 0.2) is 6.20 Å². The van der Waals surface area contributed by atoms with Gasteiger partial charge in [0.2, 0.25) is 0 Å². The molecule has 5 rings (SSSR count). The molecule has 4 bridgehead atoms. The second-order valence-electron chi connectivity index (χ2n) is 8.19. The van der Waals surface area contributed by atoms with Gasteiger partial charge in [0.25, 0.3) is 0 Å². The Bertz CT molecular complexity index is 744. The van der Waals surface area contributed by atoms with Gasteiger partial charge < -0.3 is 4.74 Å². The zero-order chi connectivity index (χ0) is 18.6. The van der Waals surface area contributed by atoms with Crippen LogP contribution in [-0.4, -0.2) is 22.8 Å². The van der Waals surface area contributed by atoms with Crippen molar-refractivity contribution < 1.29 is 14.3 Å². The predicted octanol–water partition coefficient (Wildman–Crippen LogP) is 5.37. The molecule has 0 radical (unpaired) electrons. The topological polar surface area (TPSA) is 56.3 Å². The van der Waals surface area contributed by atoms with E-state index in [4.69, 9.17) is 39.5 Å². The van der Waals surface area contributed by atoms with Crippen LogP contribution in [0.3, 0.4) is 0 Å². The maximum atomic E-state index is 13.2. The molecule has 0 amide bonds. The van der Waals surface area contributed by atoms with Crippen LogP contribution in [0.5, 0.6) is 0 Å². The number of pyridine rings is 1. The molecule has 4 saturated carbocycles. The minimum atomic E-state index is -0.828. The number of aromatic nitrogens is 1. The lowest BCUT2D eigenvalue weighted by molar-refractivity contribution is -0.152. The number of rotatable bonds is 4. The first kappa shape index (κ1) is 18.5. The summed E-state index contributed by atoms with van der Waals surface area (Å²) >= 11 is 17.8. The van der Waals surface area contributed by atoms with Crippen molar-refractivity contribution in [1.82, 2.24) is 4.98 Å². The molecule has 0 spiro atoms. The Hall–Kier alpha value is -0.840. The summed E-state index contributed by atoms with van der Waals surface area (Å²) in [5.41, 5.74) is -0.435. The van der Waals surface area contributed by atoms with Crippen molar-refractivity contribution in [3.05, 3.63) is 27.0 Å². The Balaban J connectivity index is 1.50. The fraction of sp³-hybridized carbons (Fsp3) is 0.632. The lowest BCUT2D eigenvalue weighted by atomic mass is 9.48. The summed E-state index contributed by atoms with van der Waals surface area (Å²) in [6, 6.07) is 0. The number of Topliss-reactive ketones (excluding diaryl/α,β-unsaturated/α-hetero) is 1. The third kappa shape index (κ3) is 3.04. The molecule has 1 heterocycles. The molecule has 0 saturated heterocycles. The van der Waals surface area contributed by atoms with Crippen LogP contribution in [0.1, 0.15) is 55.9 Å². The summed E-state index contributed by atoms with van der Waals surface area (Å²) in [7, 11) is 0. The zero-order valence-corrected chi connectivity index (χ0v) is 16.7. The third-order valence-electron chi connectivity index (χ3n) is 6.32. The van der Waals surface area contributed by atoms with Gasteiger partial charge in [0, 0.05) is 11.6 Å². The molecule has 4 fully saturated rings. The Labute approximate surface area is 167 Å². The summed E-state index contributed by atoms with van der Waals surface area (Å²) in [4.78, 5) is 29.5. The van der Waals surface area contributed by atoms with Crippen molar-refractivity contribution in [3.63, 3.8) is 0 Å². The first-order chi connectivity index (χ1) is 12.3. The van der Waals surface area contributed by atoms with Crippen molar-refractivity contribution in [3.8, 4) is 0 Å². The van der Waals surface area contributed by atoms with Crippen molar-refractivity contribution in [1.29, 1.82) is 0 Å². The van der Waals surface area contributed by atoms with E-state index in [-0.39, 0.29) is 32.0 Å². The molecule has 0 aliphatic heterocycles. The van der Waals surface area contributed by atoms with E-state index in [0.717, 1.165) is 19.3 Å². The number of hydrogen-bond donors (Lipinski definition) is 0. The van der Waals surface area contributed by atoms with Gasteiger partial charge in [0.05, 0.1) is 15.1 Å². The maximum absolute atomic E-state index is 13.2. The average molecular weight is 417 g/mol. The second-order valence-corrected chi connectivity index (χ2v) is 9.36. The molecular formula is C19H20Cl3NO3. The Morgan fingerprint density at radius 3 is 2.15 bits per heavy atom. The minimum Gasteiger partial charge on any atom is -0.450 e. The van der Waals surface area contributed by atoms with Crippen LogP contribution in [0.25, 0.3) is 0 Å². The van der Waals surface area contributed by atoms with E-state index in [0.29, 0.717) is 17.8 Å². The molecule has 26 heavy (non-hydrogen) atoms. The minimum absolute atomic E-state index is 0.0427. The van der Waals surface area contributed by atoms with Crippen LogP contribution in [0.4, 0.5) is 0 Å². The number of carbonyl (C=O) groups excluding carboxylic acids is 2. The van der Waals surface area contributed by atoms with Gasteiger partial charge in [-0.1, -0.05) is 34.8 Å². The van der Waals surface area contributed by atoms with Crippen LogP contribution in [-0.2, 0) is 9.53 Å². The molecule has 7 heteroatoms. The number of ether oxygens (including phenoxy) is 1. The molecule has 4 aliphatic carbocycles. The Kier molecular flexibility index (Phi) is 4.73. The molecule has 1 aromatic heterocycles. The highest BCUT2D eigenvalue weighted by Crippen LogP contribution is 2.60. The molecule has 4 aliphatic rings. The summed E-state index contributed by atoms with van der Waals surface area (Å²) < 4.78 is 5.43. The number of ketones is 1. The fourth-order valence-corrected chi connectivity index (χ4v) is 6.26. The fourth-order valence-electron chi connectivity index (χ4n) is 5.70. The number of carbonyl (C=O) groups is 2. The number of halogens is 3. The molecular weight excluding hydrogens is 397 g/mol. The smallest absolute Gasteiger partial charge is 0.359 e. The molecule has 0 unspecified atom stereocenters. The SMILES string of the molecule is C[C@H](OC(=O)c1ncc(Cl)c(Cl)c1Cl)C(=O)C12CC3CC(CC(C3)C1)C2. The van der Waals surface area contributed by atoms with Gasteiger partial charge in [0.1, 0.15) is 0 Å². The van der Waals surface area contributed by atoms with Gasteiger partial charge in [-0.25, -0.2) is 9.78 Å². The second kappa shape index (κ2) is 6.65. The molecule has 1 aromatic rings. The van der Waals surface area contributed by atoms with Crippen LogP contribution in [0.2, 0.25) is 15.1 Å². The van der Waals surface area contributed by atoms with Crippen molar-refractivity contribution in [2.75, 3.05) is 0 Å². The monoisotopic (exact) mass is 415 g/mol. The van der Waals surface area contributed by atoms with Crippen LogP contribution < -0.4 is 0 Å². The first-order valence-corrected chi connectivity index (χ1v) is 10.2. The first-order valence-electron chi connectivity index (χ1n) is 9.04. The van der Waals surface area contributed by atoms with Gasteiger partial charge in [0.15, 0.2) is 17.6 Å². The normalized spacial score (nSPS) is 33.2. The van der Waals surface area contributed by atoms with E-state index in [2.05, 4.69) is 4.98 Å². The van der Waals surface area contributed by atoms with Gasteiger partial charge >= 0.3 is 5.97 Å². The van der Waals surface area contributed by atoms with Crippen LogP contribution >= 0.6 is 34.8 Å². The lowest BCUT2D eigenvalue weighted by Gasteiger charge is -2.56. The summed E-state index contributed by atoms with van der Waals surface area (Å²) in [6.07, 6.45) is 6.99. The highest BCUT2D eigenvalue weighted by molar-refractivity contribution is 6.48. The highest BCUT2D eigenvalue weighted by Gasteiger charge is 2.55. The summed E-state index contributed by atoms with van der Waals surface area (Å²) in [5, 5.41) is 0.153. The highest BCUT2D eigenvalue weighted by atomic mass is 35.5. The van der Waals surface area contributed by atoms with Crippen molar-refractivity contribution >= 4 is 46.6 Å². The van der Waals surface area contributed by atoms with Gasteiger partial charge in [-0.15, -0.1) is 0 Å². The predicted molar refractivity (Wildman–Crippen MR) is 99.8 cm³/mol. The number of nitrogens with zero attached hydrogens (tertiary/aromatic N) is 1. The van der Waals surface area contributed by atoms with Gasteiger partial charge in [-0.05, 0) is 63.2 Å². The van der Waals surface area contributed by atoms with Crippen molar-refractivity contribution in [2.45, 2.75) is 51.6 Å². The van der Waals surface area contributed by atoms with E-state index in [9.17, 15) is 9.59 Å². The van der Waals surface area contributed by atoms with Crippen LogP contribution in [0, 0.1) is 23.2 Å². The maximum Gasteiger partial charge on any atom is 0.359 e. The van der Waals surface area contributed by atoms with Gasteiger partial charge in [-0.2, -0.15) is 0 Å². The average Bonchev–Trinajstić information content (AvgIpc) is 2.57. The number of esters is 1. The van der Waals surface area contributed by atoms with E-state index in [1.807, 2.05) is 0 Å². The molecule has 0 N–H and O–H groups in total. The summed E-state index contributed by atoms with van der Waals surface area (Å²) in [6.45, 7) is 1.64. The largest absolute Gasteiger partial charge is 0.450 e. The molecule has 0 aromatic carbocycles. The Morgan fingerprint density at radius 2 is 1.62 bits per heavy atom. The van der Waals surface area contributed by atoms with E-state index >= 15 is 0 Å². The zero-order valence-electron chi connectivity index (χ0n) is 14.4. The van der Waals surface area contributed by atoms with E-state index in [1.165, 1.54) is 25.5 Å².